The third-order valence-electron chi connectivity index (χ3n) is 1.88. The molecule has 1 nitrogen and oxygen atoms in total. The number of hydrogen-bond donors (Lipinski definition) is 0. The molecular weight excluding hydrogens is 292 g/mol. The molecule has 0 N–H and O–H groups in total. The zero-order valence-corrected chi connectivity index (χ0v) is 10.6. The predicted molar refractivity (Wildman–Crippen MR) is 58.2 cm³/mol. The standard InChI is InChI=1S/C9H9BrF3OP/c1-15(2,14)6-3-4-8(10)7(5-6)9(11,12)13/h3-5H,1-2H3. The molecule has 0 atom stereocenters. The van der Waals surface area contributed by atoms with Gasteiger partial charge in [0.25, 0.3) is 0 Å². The Hall–Kier alpha value is -0.280. The second kappa shape index (κ2) is 3.95. The maximum Gasteiger partial charge on any atom is 0.417 e. The van der Waals surface area contributed by atoms with Crippen molar-refractivity contribution in [1.29, 1.82) is 0 Å². The van der Waals surface area contributed by atoms with Gasteiger partial charge in [-0.15, -0.1) is 0 Å². The molecule has 1 aromatic rings. The molecule has 0 amide bonds. The number of hydrogen-bond acceptors (Lipinski definition) is 1. The molecular formula is C9H9BrF3OP. The molecule has 0 fully saturated rings. The van der Waals surface area contributed by atoms with E-state index in [-0.39, 0.29) is 9.78 Å². The highest BCUT2D eigenvalue weighted by molar-refractivity contribution is 9.10. The van der Waals surface area contributed by atoms with Crippen LogP contribution in [-0.2, 0) is 10.7 Å². The minimum atomic E-state index is -4.43. The highest BCUT2D eigenvalue weighted by Gasteiger charge is 2.33. The lowest BCUT2D eigenvalue weighted by molar-refractivity contribution is -0.138. The number of alkyl halides is 3. The molecule has 0 heterocycles. The van der Waals surface area contributed by atoms with Crippen LogP contribution in [0.1, 0.15) is 5.56 Å². The summed E-state index contributed by atoms with van der Waals surface area (Å²) in [5, 5.41) is 0.234. The Bertz CT molecular complexity index is 422. The van der Waals surface area contributed by atoms with Gasteiger partial charge in [0.05, 0.1) is 5.56 Å². The van der Waals surface area contributed by atoms with Crippen LogP contribution in [0, 0.1) is 0 Å². The van der Waals surface area contributed by atoms with Crippen molar-refractivity contribution >= 4 is 28.4 Å². The summed E-state index contributed by atoms with van der Waals surface area (Å²) < 4.78 is 49.1. The van der Waals surface area contributed by atoms with Crippen LogP contribution in [0.2, 0.25) is 0 Å². The molecule has 84 valence electrons. The average molecular weight is 301 g/mol. The zero-order valence-electron chi connectivity index (χ0n) is 8.10. The number of halogens is 4. The van der Waals surface area contributed by atoms with Gasteiger partial charge in [-0.2, -0.15) is 13.2 Å². The molecule has 1 aromatic carbocycles. The molecule has 0 spiro atoms. The lowest BCUT2D eigenvalue weighted by Gasteiger charge is -2.13. The lowest BCUT2D eigenvalue weighted by atomic mass is 10.2. The van der Waals surface area contributed by atoms with Crippen molar-refractivity contribution in [2.45, 2.75) is 6.18 Å². The third-order valence-corrected chi connectivity index (χ3v) is 4.09. The van der Waals surface area contributed by atoms with E-state index in [1.165, 1.54) is 25.5 Å². The van der Waals surface area contributed by atoms with Gasteiger partial charge < -0.3 is 4.57 Å². The first-order valence-electron chi connectivity index (χ1n) is 4.04. The second-order valence-corrected chi connectivity index (χ2v) is 7.59. The van der Waals surface area contributed by atoms with Crippen LogP contribution >= 0.6 is 23.1 Å². The minimum absolute atomic E-state index is 0.0350. The van der Waals surface area contributed by atoms with Crippen LogP contribution in [0.4, 0.5) is 13.2 Å². The van der Waals surface area contributed by atoms with Crippen LogP contribution in [0.5, 0.6) is 0 Å². The third kappa shape index (κ3) is 3.08. The topological polar surface area (TPSA) is 17.1 Å². The minimum Gasteiger partial charge on any atom is -0.319 e. The lowest BCUT2D eigenvalue weighted by Crippen LogP contribution is -2.12. The van der Waals surface area contributed by atoms with Crippen molar-refractivity contribution in [2.24, 2.45) is 0 Å². The van der Waals surface area contributed by atoms with E-state index in [4.69, 9.17) is 0 Å². The van der Waals surface area contributed by atoms with E-state index in [0.717, 1.165) is 6.07 Å². The van der Waals surface area contributed by atoms with Gasteiger partial charge in [-0.1, -0.05) is 22.0 Å². The Balaban J connectivity index is 3.36. The smallest absolute Gasteiger partial charge is 0.319 e. The molecule has 1 rings (SSSR count). The molecule has 0 aliphatic heterocycles. The van der Waals surface area contributed by atoms with E-state index in [1.807, 2.05) is 0 Å². The van der Waals surface area contributed by atoms with Crippen LogP contribution in [0.3, 0.4) is 0 Å². The van der Waals surface area contributed by atoms with Gasteiger partial charge in [-0.25, -0.2) is 0 Å². The fourth-order valence-corrected chi connectivity index (χ4v) is 2.41. The summed E-state index contributed by atoms with van der Waals surface area (Å²) in [6, 6.07) is 3.66. The van der Waals surface area contributed by atoms with Gasteiger partial charge in [-0.05, 0) is 25.5 Å². The van der Waals surface area contributed by atoms with E-state index in [9.17, 15) is 17.7 Å². The van der Waals surface area contributed by atoms with Gasteiger partial charge >= 0.3 is 6.18 Å². The van der Waals surface area contributed by atoms with Crippen molar-refractivity contribution in [1.82, 2.24) is 0 Å². The number of rotatable bonds is 1. The Morgan fingerprint density at radius 3 is 2.20 bits per heavy atom. The van der Waals surface area contributed by atoms with E-state index >= 15 is 0 Å². The van der Waals surface area contributed by atoms with Gasteiger partial charge in [0.15, 0.2) is 0 Å². The molecule has 6 heteroatoms. The van der Waals surface area contributed by atoms with Gasteiger partial charge in [-0.3, -0.25) is 0 Å². The maximum atomic E-state index is 12.5. The summed E-state index contributed by atoms with van der Waals surface area (Å²) in [5.41, 5.74) is -0.788. The molecule has 0 radical (unpaired) electrons. The molecule has 0 saturated carbocycles. The molecule has 0 saturated heterocycles. The molecule has 0 unspecified atom stereocenters. The molecule has 0 aliphatic rings. The Labute approximate surface area is 94.2 Å². The predicted octanol–water partition coefficient (Wildman–Crippen LogP) is 3.72. The normalized spacial score (nSPS) is 12.9. The van der Waals surface area contributed by atoms with Crippen LogP contribution in [0.15, 0.2) is 22.7 Å². The number of benzene rings is 1. The van der Waals surface area contributed by atoms with E-state index in [1.54, 1.807) is 0 Å². The Morgan fingerprint density at radius 1 is 1.27 bits per heavy atom. The zero-order chi connectivity index (χ0) is 11.9. The van der Waals surface area contributed by atoms with Gasteiger partial charge in [0, 0.05) is 9.78 Å². The largest absolute Gasteiger partial charge is 0.417 e. The quantitative estimate of drug-likeness (QED) is 0.723. The summed E-state index contributed by atoms with van der Waals surface area (Å²) in [7, 11) is -2.66. The molecule has 15 heavy (non-hydrogen) atoms. The second-order valence-electron chi connectivity index (χ2n) is 3.51. The first-order valence-corrected chi connectivity index (χ1v) is 7.44. The first-order chi connectivity index (χ1) is 6.62. The van der Waals surface area contributed by atoms with Crippen LogP contribution < -0.4 is 5.30 Å². The van der Waals surface area contributed by atoms with Crippen molar-refractivity contribution < 1.29 is 17.7 Å². The highest BCUT2D eigenvalue weighted by Crippen LogP contribution is 2.39. The van der Waals surface area contributed by atoms with Crippen LogP contribution in [-0.4, -0.2) is 13.3 Å². The van der Waals surface area contributed by atoms with Gasteiger partial charge in [0.1, 0.15) is 7.14 Å². The van der Waals surface area contributed by atoms with E-state index in [0.29, 0.717) is 0 Å². The Morgan fingerprint density at radius 2 is 1.80 bits per heavy atom. The Kier molecular flexibility index (Phi) is 3.36. The first kappa shape index (κ1) is 12.8. The van der Waals surface area contributed by atoms with Crippen molar-refractivity contribution in [2.75, 3.05) is 13.3 Å². The van der Waals surface area contributed by atoms with Crippen molar-refractivity contribution in [3.05, 3.63) is 28.2 Å². The highest BCUT2D eigenvalue weighted by atomic mass is 79.9. The molecule has 0 bridgehead atoms. The summed E-state index contributed by atoms with van der Waals surface area (Å²) in [4.78, 5) is 0. The fraction of sp³-hybridized carbons (Fsp3) is 0.333. The summed E-state index contributed by atoms with van der Waals surface area (Å²) in [6.07, 6.45) is -4.43. The summed E-state index contributed by atoms with van der Waals surface area (Å²) in [6.45, 7) is 2.88. The van der Waals surface area contributed by atoms with Crippen molar-refractivity contribution in [3.63, 3.8) is 0 Å². The van der Waals surface area contributed by atoms with Crippen molar-refractivity contribution in [3.8, 4) is 0 Å². The molecule has 0 aliphatic carbocycles. The average Bonchev–Trinajstić information content (AvgIpc) is 2.00. The summed E-state index contributed by atoms with van der Waals surface area (Å²) >= 11 is 2.82. The van der Waals surface area contributed by atoms with Gasteiger partial charge in [0.2, 0.25) is 0 Å². The van der Waals surface area contributed by atoms with E-state index in [2.05, 4.69) is 15.9 Å². The fourth-order valence-electron chi connectivity index (χ4n) is 1.07. The SMILES string of the molecule is CP(C)(=O)c1ccc(Br)c(C(F)(F)F)c1. The van der Waals surface area contributed by atoms with Crippen LogP contribution in [0.25, 0.3) is 0 Å². The van der Waals surface area contributed by atoms with E-state index < -0.39 is 18.9 Å². The molecule has 0 aromatic heterocycles. The maximum absolute atomic E-state index is 12.5. The monoisotopic (exact) mass is 300 g/mol. The summed E-state index contributed by atoms with van der Waals surface area (Å²) in [5.74, 6) is 0.